The van der Waals surface area contributed by atoms with Crippen molar-refractivity contribution < 1.29 is 23.1 Å². The van der Waals surface area contributed by atoms with E-state index in [-0.39, 0.29) is 12.2 Å². The third kappa shape index (κ3) is 3.03. The van der Waals surface area contributed by atoms with Gasteiger partial charge in [0.2, 0.25) is 0 Å². The molecule has 0 fully saturated rings. The molecule has 0 aliphatic rings. The van der Waals surface area contributed by atoms with Crippen LogP contribution in [0.1, 0.15) is 15.9 Å². The van der Waals surface area contributed by atoms with Crippen LogP contribution in [0, 0.1) is 0 Å². The Morgan fingerprint density at radius 2 is 2.11 bits per heavy atom. The van der Waals surface area contributed by atoms with Gasteiger partial charge in [-0.05, 0) is 18.2 Å². The number of alkyl halides is 3. The van der Waals surface area contributed by atoms with E-state index in [1.54, 1.807) is 0 Å². The van der Waals surface area contributed by atoms with Crippen molar-refractivity contribution in [2.24, 2.45) is 0 Å². The minimum atomic E-state index is -4.60. The number of likely N-dealkylation sites (N-methyl/N-ethyl adjacent to an activating group) is 1. The van der Waals surface area contributed by atoms with Gasteiger partial charge in [-0.2, -0.15) is 13.2 Å². The van der Waals surface area contributed by atoms with Crippen LogP contribution >= 0.6 is 0 Å². The van der Waals surface area contributed by atoms with Crippen LogP contribution in [0.15, 0.2) is 30.9 Å². The lowest BCUT2D eigenvalue weighted by atomic mass is 10.1. The lowest BCUT2D eigenvalue weighted by molar-refractivity contribution is -0.137. The van der Waals surface area contributed by atoms with Crippen LogP contribution in [0.2, 0.25) is 0 Å². The molecule has 0 bridgehead atoms. The number of anilines is 1. The topological polar surface area (TPSA) is 40.5 Å². The first-order valence-electron chi connectivity index (χ1n) is 5.04. The minimum Gasteiger partial charge on any atom is -0.478 e. The first kappa shape index (κ1) is 14.1. The third-order valence-electron chi connectivity index (χ3n) is 2.36. The maximum Gasteiger partial charge on any atom is 0.418 e. The number of carbonyl (C=O) groups is 1. The van der Waals surface area contributed by atoms with Gasteiger partial charge >= 0.3 is 12.1 Å². The van der Waals surface area contributed by atoms with Crippen LogP contribution in [0.25, 0.3) is 0 Å². The molecular weight excluding hydrogens is 247 g/mol. The Balaban J connectivity index is 3.34. The maximum absolute atomic E-state index is 12.8. The second-order valence-corrected chi connectivity index (χ2v) is 3.70. The summed E-state index contributed by atoms with van der Waals surface area (Å²) in [5, 5.41) is 8.71. The van der Waals surface area contributed by atoms with E-state index in [1.807, 2.05) is 0 Å². The number of benzene rings is 1. The van der Waals surface area contributed by atoms with Gasteiger partial charge in [0.15, 0.2) is 0 Å². The predicted octanol–water partition coefficient (Wildman–Crippen LogP) is 3.03. The summed E-state index contributed by atoms with van der Waals surface area (Å²) in [6, 6.07) is 2.93. The van der Waals surface area contributed by atoms with Crippen LogP contribution in [0.5, 0.6) is 0 Å². The maximum atomic E-state index is 12.8. The van der Waals surface area contributed by atoms with Gasteiger partial charge in [-0.3, -0.25) is 0 Å². The van der Waals surface area contributed by atoms with E-state index in [0.29, 0.717) is 6.07 Å². The summed E-state index contributed by atoms with van der Waals surface area (Å²) >= 11 is 0. The first-order chi connectivity index (χ1) is 8.27. The molecule has 1 N–H and O–H groups in total. The molecule has 0 saturated heterocycles. The van der Waals surface area contributed by atoms with Gasteiger partial charge in [0, 0.05) is 19.3 Å². The van der Waals surface area contributed by atoms with E-state index in [2.05, 4.69) is 6.58 Å². The highest BCUT2D eigenvalue weighted by Crippen LogP contribution is 2.36. The monoisotopic (exact) mass is 259 g/mol. The molecule has 6 heteroatoms. The summed E-state index contributed by atoms with van der Waals surface area (Å²) in [4.78, 5) is 12.0. The Labute approximate surface area is 102 Å². The Morgan fingerprint density at radius 3 is 2.56 bits per heavy atom. The van der Waals surface area contributed by atoms with E-state index in [9.17, 15) is 18.0 Å². The molecule has 0 heterocycles. The normalized spacial score (nSPS) is 11.1. The number of hydrogen-bond donors (Lipinski definition) is 1. The van der Waals surface area contributed by atoms with Crippen molar-refractivity contribution in [3.8, 4) is 0 Å². The van der Waals surface area contributed by atoms with Gasteiger partial charge < -0.3 is 10.0 Å². The van der Waals surface area contributed by atoms with Crippen LogP contribution < -0.4 is 4.90 Å². The van der Waals surface area contributed by atoms with E-state index in [0.717, 1.165) is 12.1 Å². The molecule has 0 spiro atoms. The van der Waals surface area contributed by atoms with E-state index < -0.39 is 23.3 Å². The zero-order valence-electron chi connectivity index (χ0n) is 9.66. The zero-order chi connectivity index (χ0) is 13.9. The molecule has 0 amide bonds. The van der Waals surface area contributed by atoms with Crippen molar-refractivity contribution in [1.82, 2.24) is 0 Å². The lowest BCUT2D eigenvalue weighted by Crippen LogP contribution is -2.21. The standard InChI is InChI=1S/C12H12F3NO2/c1-3-6-16(2)10-5-4-8(11(17)18)7-9(10)12(13,14)15/h3-5,7H,1,6H2,2H3,(H,17,18). The van der Waals surface area contributed by atoms with Crippen molar-refractivity contribution in [1.29, 1.82) is 0 Å². The Hall–Kier alpha value is -1.98. The smallest absolute Gasteiger partial charge is 0.418 e. The summed E-state index contributed by atoms with van der Waals surface area (Å²) in [5.41, 5.74) is -1.43. The summed E-state index contributed by atoms with van der Waals surface area (Å²) in [6.07, 6.45) is -3.14. The van der Waals surface area contributed by atoms with Crippen molar-refractivity contribution in [2.75, 3.05) is 18.5 Å². The highest BCUT2D eigenvalue weighted by Gasteiger charge is 2.35. The fourth-order valence-corrected chi connectivity index (χ4v) is 1.52. The highest BCUT2D eigenvalue weighted by atomic mass is 19.4. The molecule has 3 nitrogen and oxygen atoms in total. The SMILES string of the molecule is C=CCN(C)c1ccc(C(=O)O)cc1C(F)(F)F. The molecule has 0 aliphatic carbocycles. The molecule has 1 rings (SSSR count). The van der Waals surface area contributed by atoms with Crippen LogP contribution in [0.3, 0.4) is 0 Å². The molecule has 0 aliphatic heterocycles. The van der Waals surface area contributed by atoms with E-state index in [1.165, 1.54) is 18.0 Å². The molecule has 1 aromatic rings. The number of rotatable bonds is 4. The third-order valence-corrected chi connectivity index (χ3v) is 2.36. The number of carboxylic acids is 1. The Kier molecular flexibility index (Phi) is 4.00. The summed E-state index contributed by atoms with van der Waals surface area (Å²) in [7, 11) is 1.48. The number of nitrogens with zero attached hydrogens (tertiary/aromatic N) is 1. The van der Waals surface area contributed by atoms with Gasteiger partial charge in [-0.15, -0.1) is 6.58 Å². The fraction of sp³-hybridized carbons (Fsp3) is 0.250. The van der Waals surface area contributed by atoms with Gasteiger partial charge in [0.1, 0.15) is 0 Å². The quantitative estimate of drug-likeness (QED) is 0.845. The van der Waals surface area contributed by atoms with Gasteiger partial charge in [-0.25, -0.2) is 4.79 Å². The number of halogens is 3. The Bertz CT molecular complexity index is 469. The molecule has 0 radical (unpaired) electrons. The average molecular weight is 259 g/mol. The lowest BCUT2D eigenvalue weighted by Gasteiger charge is -2.22. The molecule has 0 atom stereocenters. The van der Waals surface area contributed by atoms with Gasteiger partial charge in [0.05, 0.1) is 11.1 Å². The van der Waals surface area contributed by atoms with Crippen LogP contribution in [-0.4, -0.2) is 24.7 Å². The van der Waals surface area contributed by atoms with Gasteiger partial charge in [-0.1, -0.05) is 6.08 Å². The number of hydrogen-bond acceptors (Lipinski definition) is 2. The summed E-state index contributed by atoms with van der Waals surface area (Å²) in [5.74, 6) is -1.39. The molecule has 98 valence electrons. The van der Waals surface area contributed by atoms with Gasteiger partial charge in [0.25, 0.3) is 0 Å². The highest BCUT2D eigenvalue weighted by molar-refractivity contribution is 5.88. The molecule has 0 unspecified atom stereocenters. The second-order valence-electron chi connectivity index (χ2n) is 3.70. The number of carboxylic acid groups (broad SMARTS) is 1. The summed E-state index contributed by atoms with van der Waals surface area (Å²) in [6.45, 7) is 3.68. The predicted molar refractivity (Wildman–Crippen MR) is 61.9 cm³/mol. The van der Waals surface area contributed by atoms with Crippen LogP contribution in [-0.2, 0) is 6.18 Å². The first-order valence-corrected chi connectivity index (χ1v) is 5.04. The van der Waals surface area contributed by atoms with Crippen molar-refractivity contribution >= 4 is 11.7 Å². The molecule has 18 heavy (non-hydrogen) atoms. The molecule has 0 aromatic heterocycles. The molecular formula is C12H12F3NO2. The zero-order valence-corrected chi connectivity index (χ0v) is 9.66. The summed E-state index contributed by atoms with van der Waals surface area (Å²) < 4.78 is 38.5. The van der Waals surface area contributed by atoms with E-state index >= 15 is 0 Å². The number of aromatic carboxylic acids is 1. The van der Waals surface area contributed by atoms with Crippen molar-refractivity contribution in [3.63, 3.8) is 0 Å². The largest absolute Gasteiger partial charge is 0.478 e. The molecule has 1 aromatic carbocycles. The van der Waals surface area contributed by atoms with Crippen LogP contribution in [0.4, 0.5) is 18.9 Å². The van der Waals surface area contributed by atoms with Crippen molar-refractivity contribution in [2.45, 2.75) is 6.18 Å². The average Bonchev–Trinajstić information content (AvgIpc) is 2.27. The minimum absolute atomic E-state index is 0.0765. The molecule has 0 saturated carbocycles. The second kappa shape index (κ2) is 5.12. The fourth-order valence-electron chi connectivity index (χ4n) is 1.52. The van der Waals surface area contributed by atoms with E-state index in [4.69, 9.17) is 5.11 Å². The van der Waals surface area contributed by atoms with Crippen molar-refractivity contribution in [3.05, 3.63) is 42.0 Å². The Morgan fingerprint density at radius 1 is 1.50 bits per heavy atom.